The molecule has 0 radical (unpaired) electrons. The standard InChI is InChI=1S/C16H11N5O2/c22-16(12-6-7-15-19-17-10-21(15)9-12)18-14-8-13(23-20-14)11-4-2-1-3-5-11/h1-10H,(H,18,20,22). The minimum atomic E-state index is -0.284. The second-order valence-electron chi connectivity index (χ2n) is 4.91. The summed E-state index contributed by atoms with van der Waals surface area (Å²) < 4.78 is 6.93. The molecule has 7 heteroatoms. The van der Waals surface area contributed by atoms with Gasteiger partial charge in [0.15, 0.2) is 17.2 Å². The summed E-state index contributed by atoms with van der Waals surface area (Å²) in [7, 11) is 0. The fourth-order valence-electron chi connectivity index (χ4n) is 2.22. The van der Waals surface area contributed by atoms with E-state index in [1.165, 1.54) is 6.33 Å². The van der Waals surface area contributed by atoms with E-state index in [4.69, 9.17) is 4.52 Å². The summed E-state index contributed by atoms with van der Waals surface area (Å²) in [4.78, 5) is 12.3. The Kier molecular flexibility index (Phi) is 3.09. The summed E-state index contributed by atoms with van der Waals surface area (Å²) in [5.41, 5.74) is 2.04. The molecule has 1 aromatic carbocycles. The van der Waals surface area contributed by atoms with Crippen molar-refractivity contribution in [2.24, 2.45) is 0 Å². The number of nitrogens with zero attached hydrogens (tertiary/aromatic N) is 4. The molecule has 1 N–H and O–H groups in total. The third-order valence-corrected chi connectivity index (χ3v) is 3.36. The molecule has 0 atom stereocenters. The first kappa shape index (κ1) is 13.2. The van der Waals surface area contributed by atoms with Crippen LogP contribution >= 0.6 is 0 Å². The van der Waals surface area contributed by atoms with Crippen LogP contribution in [0.4, 0.5) is 5.82 Å². The van der Waals surface area contributed by atoms with Crippen LogP contribution in [-0.2, 0) is 0 Å². The van der Waals surface area contributed by atoms with E-state index in [-0.39, 0.29) is 5.91 Å². The first-order valence-electron chi connectivity index (χ1n) is 6.92. The molecule has 4 aromatic rings. The molecule has 0 saturated heterocycles. The van der Waals surface area contributed by atoms with Crippen molar-refractivity contribution < 1.29 is 9.32 Å². The van der Waals surface area contributed by atoms with Crippen LogP contribution in [0.5, 0.6) is 0 Å². The predicted molar refractivity (Wildman–Crippen MR) is 82.9 cm³/mol. The molecular weight excluding hydrogens is 294 g/mol. The van der Waals surface area contributed by atoms with Gasteiger partial charge in [0.1, 0.15) is 6.33 Å². The number of nitrogens with one attached hydrogen (secondary N) is 1. The van der Waals surface area contributed by atoms with Crippen molar-refractivity contribution in [3.63, 3.8) is 0 Å². The molecular formula is C16H11N5O2. The van der Waals surface area contributed by atoms with Crippen LogP contribution in [0.3, 0.4) is 0 Å². The number of fused-ring (bicyclic) bond motifs is 1. The van der Waals surface area contributed by atoms with E-state index in [9.17, 15) is 4.79 Å². The third kappa shape index (κ3) is 2.55. The van der Waals surface area contributed by atoms with Crippen molar-refractivity contribution in [3.8, 4) is 11.3 Å². The molecule has 23 heavy (non-hydrogen) atoms. The van der Waals surface area contributed by atoms with Gasteiger partial charge in [0.25, 0.3) is 5.91 Å². The van der Waals surface area contributed by atoms with E-state index in [1.54, 1.807) is 28.8 Å². The summed E-state index contributed by atoms with van der Waals surface area (Å²) >= 11 is 0. The van der Waals surface area contributed by atoms with Crippen molar-refractivity contribution in [1.29, 1.82) is 0 Å². The van der Waals surface area contributed by atoms with E-state index in [0.29, 0.717) is 22.8 Å². The van der Waals surface area contributed by atoms with Crippen LogP contribution in [0, 0.1) is 0 Å². The summed E-state index contributed by atoms with van der Waals surface area (Å²) in [5, 5.41) is 14.2. The minimum Gasteiger partial charge on any atom is -0.354 e. The highest BCUT2D eigenvalue weighted by atomic mass is 16.5. The average molecular weight is 305 g/mol. The summed E-state index contributed by atoms with van der Waals surface area (Å²) in [5.74, 6) is 0.668. The van der Waals surface area contributed by atoms with Crippen molar-refractivity contribution in [1.82, 2.24) is 19.8 Å². The molecule has 3 aromatic heterocycles. The number of hydrogen-bond acceptors (Lipinski definition) is 5. The Morgan fingerprint density at radius 1 is 1.13 bits per heavy atom. The number of aromatic nitrogens is 4. The lowest BCUT2D eigenvalue weighted by Crippen LogP contribution is -2.12. The maximum Gasteiger partial charge on any atom is 0.258 e. The number of carbonyl (C=O) groups excluding carboxylic acids is 1. The normalized spacial score (nSPS) is 10.8. The minimum absolute atomic E-state index is 0.284. The molecule has 112 valence electrons. The number of hydrogen-bond donors (Lipinski definition) is 1. The summed E-state index contributed by atoms with van der Waals surface area (Å²) in [6.07, 6.45) is 3.19. The van der Waals surface area contributed by atoms with Gasteiger partial charge in [0, 0.05) is 17.8 Å². The van der Waals surface area contributed by atoms with E-state index in [1.807, 2.05) is 30.3 Å². The average Bonchev–Trinajstić information content (AvgIpc) is 3.24. The Bertz CT molecular complexity index is 974. The largest absolute Gasteiger partial charge is 0.354 e. The van der Waals surface area contributed by atoms with Gasteiger partial charge < -0.3 is 9.84 Å². The molecule has 0 bridgehead atoms. The molecule has 0 aliphatic rings. The lowest BCUT2D eigenvalue weighted by Gasteiger charge is -2.01. The van der Waals surface area contributed by atoms with Gasteiger partial charge in [0.2, 0.25) is 0 Å². The lowest BCUT2D eigenvalue weighted by molar-refractivity contribution is 0.102. The second-order valence-corrected chi connectivity index (χ2v) is 4.91. The van der Waals surface area contributed by atoms with Crippen LogP contribution in [-0.4, -0.2) is 25.7 Å². The molecule has 1 amide bonds. The lowest BCUT2D eigenvalue weighted by atomic mass is 10.2. The number of pyridine rings is 1. The highest BCUT2D eigenvalue weighted by Gasteiger charge is 2.12. The van der Waals surface area contributed by atoms with Gasteiger partial charge in [-0.25, -0.2) is 0 Å². The van der Waals surface area contributed by atoms with Crippen LogP contribution < -0.4 is 5.32 Å². The maximum atomic E-state index is 12.3. The second kappa shape index (κ2) is 5.38. The van der Waals surface area contributed by atoms with Gasteiger partial charge >= 0.3 is 0 Å². The van der Waals surface area contributed by atoms with Crippen molar-refractivity contribution in [2.45, 2.75) is 0 Å². The van der Waals surface area contributed by atoms with Crippen molar-refractivity contribution >= 4 is 17.4 Å². The smallest absolute Gasteiger partial charge is 0.258 e. The zero-order chi connectivity index (χ0) is 15.6. The Morgan fingerprint density at radius 2 is 2.00 bits per heavy atom. The van der Waals surface area contributed by atoms with Crippen molar-refractivity contribution in [2.75, 3.05) is 5.32 Å². The van der Waals surface area contributed by atoms with E-state index >= 15 is 0 Å². The van der Waals surface area contributed by atoms with Gasteiger partial charge in [-0.3, -0.25) is 9.20 Å². The Balaban J connectivity index is 1.55. The van der Waals surface area contributed by atoms with E-state index in [0.717, 1.165) is 5.56 Å². The van der Waals surface area contributed by atoms with E-state index < -0.39 is 0 Å². The third-order valence-electron chi connectivity index (χ3n) is 3.36. The quantitative estimate of drug-likeness (QED) is 0.629. The molecule has 0 fully saturated rings. The molecule has 0 aliphatic heterocycles. The summed E-state index contributed by atoms with van der Waals surface area (Å²) in [6, 6.07) is 14.6. The highest BCUT2D eigenvalue weighted by Crippen LogP contribution is 2.22. The van der Waals surface area contributed by atoms with Gasteiger partial charge in [0.05, 0.1) is 5.56 Å². The highest BCUT2D eigenvalue weighted by molar-refractivity contribution is 6.03. The van der Waals surface area contributed by atoms with Gasteiger partial charge in [-0.1, -0.05) is 35.5 Å². The number of carbonyl (C=O) groups is 1. The number of amides is 1. The number of rotatable bonds is 3. The fourth-order valence-corrected chi connectivity index (χ4v) is 2.22. The number of anilines is 1. The van der Waals surface area contributed by atoms with Gasteiger partial charge in [-0.2, -0.15) is 0 Å². The zero-order valence-corrected chi connectivity index (χ0v) is 11.9. The predicted octanol–water partition coefficient (Wildman–Crippen LogP) is 2.64. The van der Waals surface area contributed by atoms with Crippen LogP contribution in [0.15, 0.2) is 65.6 Å². The van der Waals surface area contributed by atoms with Crippen LogP contribution in [0.2, 0.25) is 0 Å². The van der Waals surface area contributed by atoms with Crippen LogP contribution in [0.25, 0.3) is 17.0 Å². The Labute approximate surface area is 130 Å². The molecule has 0 spiro atoms. The molecule has 0 aliphatic carbocycles. The van der Waals surface area contributed by atoms with Crippen molar-refractivity contribution in [3.05, 3.63) is 66.6 Å². The number of benzene rings is 1. The molecule has 3 heterocycles. The van der Waals surface area contributed by atoms with Gasteiger partial charge in [-0.05, 0) is 12.1 Å². The molecule has 0 saturated carbocycles. The Hall–Kier alpha value is -3.48. The topological polar surface area (TPSA) is 85.3 Å². The van der Waals surface area contributed by atoms with Crippen LogP contribution in [0.1, 0.15) is 10.4 Å². The fraction of sp³-hybridized carbons (Fsp3) is 0. The first-order valence-corrected chi connectivity index (χ1v) is 6.92. The molecule has 7 nitrogen and oxygen atoms in total. The maximum absolute atomic E-state index is 12.3. The monoisotopic (exact) mass is 305 g/mol. The van der Waals surface area contributed by atoms with Gasteiger partial charge in [-0.15, -0.1) is 10.2 Å². The molecule has 4 rings (SSSR count). The molecule has 0 unspecified atom stereocenters. The first-order chi connectivity index (χ1) is 11.3. The summed E-state index contributed by atoms with van der Waals surface area (Å²) in [6.45, 7) is 0. The zero-order valence-electron chi connectivity index (χ0n) is 11.9. The SMILES string of the molecule is O=C(Nc1cc(-c2ccccc2)on1)c1ccc2nncn2c1. The Morgan fingerprint density at radius 3 is 2.87 bits per heavy atom. The van der Waals surface area contributed by atoms with E-state index in [2.05, 4.69) is 20.7 Å².